The van der Waals surface area contributed by atoms with Crippen molar-refractivity contribution >= 4 is 0 Å². The minimum Gasteiger partial charge on any atom is -0.308 e. The Bertz CT molecular complexity index is 398. The van der Waals surface area contributed by atoms with Crippen LogP contribution < -0.4 is 5.32 Å². The van der Waals surface area contributed by atoms with Gasteiger partial charge in [-0.3, -0.25) is 10.2 Å². The van der Waals surface area contributed by atoms with Crippen LogP contribution >= 0.6 is 0 Å². The SMILES string of the molecule is CN(C)CC1CCCN1C1CCCC(C#N)(NC2CC2)C1. The van der Waals surface area contributed by atoms with Crippen molar-refractivity contribution in [1.29, 1.82) is 5.26 Å². The quantitative estimate of drug-likeness (QED) is 0.840. The smallest absolute Gasteiger partial charge is 0.108 e. The summed E-state index contributed by atoms with van der Waals surface area (Å²) in [6.45, 7) is 2.39. The molecule has 4 heteroatoms. The Kier molecular flexibility index (Phi) is 4.54. The van der Waals surface area contributed by atoms with Crippen molar-refractivity contribution < 1.29 is 0 Å². The van der Waals surface area contributed by atoms with Gasteiger partial charge in [-0.1, -0.05) is 0 Å². The molecule has 1 heterocycles. The highest BCUT2D eigenvalue weighted by molar-refractivity contribution is 5.14. The summed E-state index contributed by atoms with van der Waals surface area (Å²) in [6, 6.07) is 4.58. The Labute approximate surface area is 129 Å². The number of likely N-dealkylation sites (tertiary alicyclic amines) is 1. The van der Waals surface area contributed by atoms with E-state index in [9.17, 15) is 5.26 Å². The first-order chi connectivity index (χ1) is 10.1. The van der Waals surface area contributed by atoms with Gasteiger partial charge in [-0.2, -0.15) is 5.26 Å². The minimum absolute atomic E-state index is 0.241. The van der Waals surface area contributed by atoms with Gasteiger partial charge in [0.2, 0.25) is 0 Å². The zero-order valence-corrected chi connectivity index (χ0v) is 13.6. The average molecular weight is 290 g/mol. The van der Waals surface area contributed by atoms with Crippen molar-refractivity contribution in [2.75, 3.05) is 27.2 Å². The Morgan fingerprint density at radius 2 is 2.05 bits per heavy atom. The fraction of sp³-hybridized carbons (Fsp3) is 0.941. The van der Waals surface area contributed by atoms with Crippen molar-refractivity contribution in [1.82, 2.24) is 15.1 Å². The van der Waals surface area contributed by atoms with Gasteiger partial charge in [0.1, 0.15) is 5.54 Å². The molecule has 1 N–H and O–H groups in total. The van der Waals surface area contributed by atoms with E-state index in [4.69, 9.17) is 0 Å². The molecule has 1 aliphatic heterocycles. The van der Waals surface area contributed by atoms with Gasteiger partial charge in [0.05, 0.1) is 6.07 Å². The lowest BCUT2D eigenvalue weighted by molar-refractivity contribution is 0.0954. The topological polar surface area (TPSA) is 42.3 Å². The number of nitrogens with zero attached hydrogens (tertiary/aromatic N) is 3. The first-order valence-electron chi connectivity index (χ1n) is 8.71. The van der Waals surface area contributed by atoms with Crippen LogP contribution in [-0.2, 0) is 0 Å². The molecule has 3 aliphatic rings. The highest BCUT2D eigenvalue weighted by Gasteiger charge is 2.43. The van der Waals surface area contributed by atoms with Gasteiger partial charge in [0, 0.05) is 24.7 Å². The predicted octanol–water partition coefficient (Wildman–Crippen LogP) is 1.97. The molecule has 118 valence electrons. The van der Waals surface area contributed by atoms with E-state index >= 15 is 0 Å². The van der Waals surface area contributed by atoms with Crippen molar-refractivity contribution in [3.63, 3.8) is 0 Å². The van der Waals surface area contributed by atoms with E-state index in [0.717, 1.165) is 19.4 Å². The molecule has 3 atom stereocenters. The maximum Gasteiger partial charge on any atom is 0.108 e. The summed E-state index contributed by atoms with van der Waals surface area (Å²) < 4.78 is 0. The molecule has 2 aliphatic carbocycles. The van der Waals surface area contributed by atoms with Crippen LogP contribution in [0.15, 0.2) is 0 Å². The largest absolute Gasteiger partial charge is 0.308 e. The van der Waals surface area contributed by atoms with E-state index < -0.39 is 0 Å². The Morgan fingerprint density at radius 1 is 1.24 bits per heavy atom. The van der Waals surface area contributed by atoms with Gasteiger partial charge in [-0.25, -0.2) is 0 Å². The second kappa shape index (κ2) is 6.24. The summed E-state index contributed by atoms with van der Waals surface area (Å²) in [7, 11) is 4.34. The van der Waals surface area contributed by atoms with Crippen molar-refractivity contribution in [3.05, 3.63) is 0 Å². The summed E-state index contributed by atoms with van der Waals surface area (Å²) >= 11 is 0. The molecule has 3 unspecified atom stereocenters. The van der Waals surface area contributed by atoms with Gasteiger partial charge in [0.25, 0.3) is 0 Å². The number of rotatable bonds is 5. The van der Waals surface area contributed by atoms with Crippen LogP contribution in [0.1, 0.15) is 51.4 Å². The minimum atomic E-state index is -0.241. The highest BCUT2D eigenvalue weighted by Crippen LogP contribution is 2.36. The molecule has 0 radical (unpaired) electrons. The summed E-state index contributed by atoms with van der Waals surface area (Å²) in [5, 5.41) is 13.4. The number of hydrogen-bond donors (Lipinski definition) is 1. The highest BCUT2D eigenvalue weighted by atomic mass is 15.2. The molecule has 0 spiro atoms. The van der Waals surface area contributed by atoms with Crippen LogP contribution in [0.3, 0.4) is 0 Å². The first kappa shape index (κ1) is 15.3. The third-order valence-electron chi connectivity index (χ3n) is 5.46. The van der Waals surface area contributed by atoms with Crippen molar-refractivity contribution in [2.45, 2.75) is 75.0 Å². The van der Waals surface area contributed by atoms with Gasteiger partial charge in [-0.15, -0.1) is 0 Å². The number of nitrogens with one attached hydrogen (secondary N) is 1. The maximum atomic E-state index is 9.75. The van der Waals surface area contributed by atoms with E-state index in [2.05, 4.69) is 35.3 Å². The van der Waals surface area contributed by atoms with Crippen LogP contribution in [0.4, 0.5) is 0 Å². The predicted molar refractivity (Wildman–Crippen MR) is 85.0 cm³/mol. The second-order valence-electron chi connectivity index (χ2n) is 7.66. The zero-order valence-electron chi connectivity index (χ0n) is 13.6. The second-order valence-corrected chi connectivity index (χ2v) is 7.66. The van der Waals surface area contributed by atoms with E-state index in [1.54, 1.807) is 0 Å². The van der Waals surface area contributed by atoms with Crippen molar-refractivity contribution in [2.24, 2.45) is 0 Å². The molecule has 0 amide bonds. The normalized spacial score (nSPS) is 37.8. The van der Waals surface area contributed by atoms with Crippen LogP contribution in [0.5, 0.6) is 0 Å². The first-order valence-corrected chi connectivity index (χ1v) is 8.71. The molecular weight excluding hydrogens is 260 g/mol. The Morgan fingerprint density at radius 3 is 2.71 bits per heavy atom. The third-order valence-corrected chi connectivity index (χ3v) is 5.46. The van der Waals surface area contributed by atoms with E-state index in [0.29, 0.717) is 18.1 Å². The Hall–Kier alpha value is -0.630. The lowest BCUT2D eigenvalue weighted by atomic mass is 9.79. The number of nitriles is 1. The summed E-state index contributed by atoms with van der Waals surface area (Å²) in [5.74, 6) is 0. The van der Waals surface area contributed by atoms with Gasteiger partial charge in [-0.05, 0) is 72.0 Å². The van der Waals surface area contributed by atoms with E-state index in [1.165, 1.54) is 45.1 Å². The molecular formula is C17H30N4. The van der Waals surface area contributed by atoms with Crippen LogP contribution in [0.25, 0.3) is 0 Å². The molecule has 0 aromatic carbocycles. The molecule has 3 rings (SSSR count). The van der Waals surface area contributed by atoms with Crippen LogP contribution in [-0.4, -0.2) is 60.6 Å². The van der Waals surface area contributed by atoms with E-state index in [1.807, 2.05) is 0 Å². The fourth-order valence-electron chi connectivity index (χ4n) is 4.37. The number of likely N-dealkylation sites (N-methyl/N-ethyl adjacent to an activating group) is 1. The van der Waals surface area contributed by atoms with Gasteiger partial charge < -0.3 is 4.90 Å². The summed E-state index contributed by atoms with van der Waals surface area (Å²) in [4.78, 5) is 5.03. The zero-order chi connectivity index (χ0) is 14.9. The molecule has 2 saturated carbocycles. The Balaban J connectivity index is 1.65. The molecule has 4 nitrogen and oxygen atoms in total. The standard InChI is InChI=1S/C17H30N4/c1-20(2)12-16-6-4-10-21(16)15-5-3-9-17(11-15,13-18)19-14-7-8-14/h14-16,19H,3-12H2,1-2H3. The molecule has 0 aromatic heterocycles. The van der Waals surface area contributed by atoms with Crippen LogP contribution in [0.2, 0.25) is 0 Å². The van der Waals surface area contributed by atoms with Crippen LogP contribution in [0, 0.1) is 11.3 Å². The number of hydrogen-bond acceptors (Lipinski definition) is 4. The van der Waals surface area contributed by atoms with Gasteiger partial charge >= 0.3 is 0 Å². The lowest BCUT2D eigenvalue weighted by Crippen LogP contribution is -2.55. The van der Waals surface area contributed by atoms with Crippen molar-refractivity contribution in [3.8, 4) is 6.07 Å². The molecule has 21 heavy (non-hydrogen) atoms. The monoisotopic (exact) mass is 290 g/mol. The lowest BCUT2D eigenvalue weighted by Gasteiger charge is -2.43. The third kappa shape index (κ3) is 3.59. The molecule has 0 bridgehead atoms. The summed E-state index contributed by atoms with van der Waals surface area (Å²) in [5.41, 5.74) is -0.241. The van der Waals surface area contributed by atoms with E-state index in [-0.39, 0.29) is 5.54 Å². The van der Waals surface area contributed by atoms with Gasteiger partial charge in [0.15, 0.2) is 0 Å². The average Bonchev–Trinajstić information content (AvgIpc) is 3.14. The molecule has 1 saturated heterocycles. The summed E-state index contributed by atoms with van der Waals surface area (Å²) in [6.07, 6.45) is 9.73. The molecule has 3 fully saturated rings. The molecule has 0 aromatic rings. The fourth-order valence-corrected chi connectivity index (χ4v) is 4.37. The maximum absolute atomic E-state index is 9.75.